The summed E-state index contributed by atoms with van der Waals surface area (Å²) in [7, 11) is 0. The Morgan fingerprint density at radius 1 is 1.17 bits per heavy atom. The van der Waals surface area contributed by atoms with Crippen LogP contribution in [0.2, 0.25) is 5.02 Å². The first-order chi connectivity index (χ1) is 14.0. The van der Waals surface area contributed by atoms with E-state index < -0.39 is 5.97 Å². The highest BCUT2D eigenvalue weighted by Crippen LogP contribution is 2.26. The lowest BCUT2D eigenvalue weighted by atomic mass is 10.2. The van der Waals surface area contributed by atoms with E-state index >= 15 is 0 Å². The molecule has 0 unspecified atom stereocenters. The summed E-state index contributed by atoms with van der Waals surface area (Å²) in [5.41, 5.74) is 2.06. The molecule has 146 valence electrons. The Morgan fingerprint density at radius 3 is 2.69 bits per heavy atom. The van der Waals surface area contributed by atoms with Crippen LogP contribution in [-0.4, -0.2) is 25.9 Å². The van der Waals surface area contributed by atoms with Gasteiger partial charge in [-0.2, -0.15) is 5.10 Å². The van der Waals surface area contributed by atoms with Crippen molar-refractivity contribution in [3.05, 3.63) is 82.7 Å². The molecule has 2 aromatic carbocycles. The van der Waals surface area contributed by atoms with E-state index in [1.165, 1.54) is 23.0 Å². The lowest BCUT2D eigenvalue weighted by Crippen LogP contribution is -2.07. The van der Waals surface area contributed by atoms with Gasteiger partial charge < -0.3 is 9.15 Å². The van der Waals surface area contributed by atoms with Crippen molar-refractivity contribution in [3.63, 3.8) is 0 Å². The van der Waals surface area contributed by atoms with Gasteiger partial charge in [-0.25, -0.2) is 13.9 Å². The third kappa shape index (κ3) is 3.88. The summed E-state index contributed by atoms with van der Waals surface area (Å²) >= 11 is 6.11. The lowest BCUT2D eigenvalue weighted by molar-refractivity contribution is 0.0438. The first-order valence-corrected chi connectivity index (χ1v) is 8.95. The highest BCUT2D eigenvalue weighted by Gasteiger charge is 2.18. The van der Waals surface area contributed by atoms with Crippen LogP contribution in [0.5, 0.6) is 0 Å². The highest BCUT2D eigenvalue weighted by molar-refractivity contribution is 6.33. The topological polar surface area (TPSA) is 83.0 Å². The van der Waals surface area contributed by atoms with Crippen LogP contribution in [0.4, 0.5) is 4.39 Å². The second-order valence-corrected chi connectivity index (χ2v) is 6.50. The van der Waals surface area contributed by atoms with Gasteiger partial charge in [0.15, 0.2) is 6.61 Å². The van der Waals surface area contributed by atoms with Crippen LogP contribution in [0.15, 0.2) is 59.1 Å². The second-order valence-electron chi connectivity index (χ2n) is 6.09. The van der Waals surface area contributed by atoms with Crippen LogP contribution in [0.1, 0.15) is 21.9 Å². The molecule has 0 fully saturated rings. The minimum atomic E-state index is -0.589. The van der Waals surface area contributed by atoms with Crippen molar-refractivity contribution in [1.29, 1.82) is 0 Å². The fraction of sp³-hybridized carbons (Fsp3) is 0.100. The number of nitrogens with zero attached hydrogens (tertiary/aromatic N) is 4. The summed E-state index contributed by atoms with van der Waals surface area (Å²) in [6, 6.07) is 12.8. The Balaban J connectivity index is 1.46. The predicted octanol–water partition coefficient (Wildman–Crippen LogP) is 4.38. The molecular weight excluding hydrogens is 399 g/mol. The largest absolute Gasteiger partial charge is 0.452 e. The van der Waals surface area contributed by atoms with Gasteiger partial charge in [0.1, 0.15) is 11.4 Å². The summed E-state index contributed by atoms with van der Waals surface area (Å²) < 4.78 is 25.4. The summed E-state index contributed by atoms with van der Waals surface area (Å²) in [5.74, 6) is -0.568. The number of benzene rings is 2. The molecule has 0 saturated heterocycles. The van der Waals surface area contributed by atoms with E-state index in [0.29, 0.717) is 22.0 Å². The molecule has 7 nitrogen and oxygen atoms in total. The molecule has 0 aliphatic rings. The van der Waals surface area contributed by atoms with E-state index in [4.69, 9.17) is 20.8 Å². The van der Waals surface area contributed by atoms with Crippen molar-refractivity contribution in [2.24, 2.45) is 0 Å². The molecule has 0 atom stereocenters. The number of hydrogen-bond donors (Lipinski definition) is 0. The summed E-state index contributed by atoms with van der Waals surface area (Å²) in [6.07, 6.45) is 1.39. The number of carbonyl (C=O) groups is 1. The van der Waals surface area contributed by atoms with Crippen molar-refractivity contribution < 1.29 is 18.3 Å². The Kier molecular flexibility index (Phi) is 5.09. The molecule has 2 heterocycles. The predicted molar refractivity (Wildman–Crippen MR) is 102 cm³/mol. The molecule has 2 aromatic heterocycles. The van der Waals surface area contributed by atoms with Gasteiger partial charge in [-0.1, -0.05) is 23.7 Å². The van der Waals surface area contributed by atoms with Crippen molar-refractivity contribution in [2.75, 3.05) is 0 Å². The van der Waals surface area contributed by atoms with Gasteiger partial charge in [0.25, 0.3) is 5.89 Å². The zero-order valence-corrected chi connectivity index (χ0v) is 15.9. The molecule has 9 heteroatoms. The molecule has 0 saturated carbocycles. The normalized spacial score (nSPS) is 10.9. The van der Waals surface area contributed by atoms with E-state index in [0.717, 1.165) is 0 Å². The number of ether oxygens (including phenoxy) is 1. The summed E-state index contributed by atoms with van der Waals surface area (Å²) in [5, 5.41) is 12.4. The van der Waals surface area contributed by atoms with E-state index in [2.05, 4.69) is 15.3 Å². The Labute approximate surface area is 169 Å². The van der Waals surface area contributed by atoms with E-state index in [1.54, 1.807) is 43.3 Å². The fourth-order valence-electron chi connectivity index (χ4n) is 2.71. The average molecular weight is 413 g/mol. The minimum absolute atomic E-state index is 0.136. The molecule has 0 aliphatic heterocycles. The smallest absolute Gasteiger partial charge is 0.342 e. The summed E-state index contributed by atoms with van der Waals surface area (Å²) in [4.78, 5) is 12.4. The number of esters is 1. The molecule has 29 heavy (non-hydrogen) atoms. The van der Waals surface area contributed by atoms with Gasteiger partial charge >= 0.3 is 5.97 Å². The standard InChI is InChI=1S/C20H14ClFN4O3/c1-12-16(10-23-26(12)14-8-6-13(22)7-9-14)20(27)28-11-18-24-25-19(29-18)15-4-2-3-5-17(15)21/h2-10H,11H2,1H3. The number of rotatable bonds is 5. The van der Waals surface area contributed by atoms with Gasteiger partial charge in [-0.05, 0) is 43.3 Å². The van der Waals surface area contributed by atoms with Gasteiger partial charge in [0, 0.05) is 0 Å². The Morgan fingerprint density at radius 2 is 1.93 bits per heavy atom. The van der Waals surface area contributed by atoms with Crippen molar-refractivity contribution >= 4 is 17.6 Å². The maximum absolute atomic E-state index is 13.1. The molecular formula is C20H14ClFN4O3. The van der Waals surface area contributed by atoms with Gasteiger partial charge in [0.05, 0.1) is 28.2 Å². The molecule has 0 radical (unpaired) electrons. The Hall–Kier alpha value is -3.52. The molecule has 4 rings (SSSR count). The van der Waals surface area contributed by atoms with Crippen LogP contribution in [0, 0.1) is 12.7 Å². The average Bonchev–Trinajstić information content (AvgIpc) is 3.34. The zero-order chi connectivity index (χ0) is 20.4. The van der Waals surface area contributed by atoms with Crippen molar-refractivity contribution in [2.45, 2.75) is 13.5 Å². The Bertz CT molecular complexity index is 1170. The first kappa shape index (κ1) is 18.8. The van der Waals surface area contributed by atoms with E-state index in [1.807, 2.05) is 0 Å². The lowest BCUT2D eigenvalue weighted by Gasteiger charge is -2.05. The van der Waals surface area contributed by atoms with Gasteiger partial charge in [0.2, 0.25) is 5.89 Å². The summed E-state index contributed by atoms with van der Waals surface area (Å²) in [6.45, 7) is 1.52. The fourth-order valence-corrected chi connectivity index (χ4v) is 2.93. The molecule has 0 spiro atoms. The zero-order valence-electron chi connectivity index (χ0n) is 15.2. The monoisotopic (exact) mass is 412 g/mol. The third-order valence-corrected chi connectivity index (χ3v) is 4.53. The van der Waals surface area contributed by atoms with Crippen LogP contribution in [0.25, 0.3) is 17.1 Å². The number of aromatic nitrogens is 4. The van der Waals surface area contributed by atoms with Crippen LogP contribution in [0.3, 0.4) is 0 Å². The molecule has 0 N–H and O–H groups in total. The molecule has 0 aliphatic carbocycles. The maximum atomic E-state index is 13.1. The van der Waals surface area contributed by atoms with E-state index in [9.17, 15) is 9.18 Å². The van der Waals surface area contributed by atoms with Crippen molar-refractivity contribution in [1.82, 2.24) is 20.0 Å². The molecule has 0 amide bonds. The second kappa shape index (κ2) is 7.84. The SMILES string of the molecule is Cc1c(C(=O)OCc2nnc(-c3ccccc3Cl)o2)cnn1-c1ccc(F)cc1. The quantitative estimate of drug-likeness (QED) is 0.452. The van der Waals surface area contributed by atoms with Gasteiger partial charge in [-0.3, -0.25) is 0 Å². The highest BCUT2D eigenvalue weighted by atomic mass is 35.5. The van der Waals surface area contributed by atoms with Crippen LogP contribution in [-0.2, 0) is 11.3 Å². The number of halogens is 2. The third-order valence-electron chi connectivity index (χ3n) is 4.20. The van der Waals surface area contributed by atoms with Gasteiger partial charge in [-0.15, -0.1) is 10.2 Å². The molecule has 4 aromatic rings. The minimum Gasteiger partial charge on any atom is -0.452 e. The van der Waals surface area contributed by atoms with E-state index in [-0.39, 0.29) is 29.8 Å². The molecule has 0 bridgehead atoms. The van der Waals surface area contributed by atoms with Crippen LogP contribution >= 0.6 is 11.6 Å². The van der Waals surface area contributed by atoms with Crippen molar-refractivity contribution in [3.8, 4) is 17.1 Å². The number of carbonyl (C=O) groups excluding carboxylic acids is 1. The maximum Gasteiger partial charge on any atom is 0.342 e. The van der Waals surface area contributed by atoms with Crippen LogP contribution < -0.4 is 0 Å². The first-order valence-electron chi connectivity index (χ1n) is 8.58. The number of hydrogen-bond acceptors (Lipinski definition) is 6.